The lowest BCUT2D eigenvalue weighted by Gasteiger charge is -2.23. The van der Waals surface area contributed by atoms with Crippen LogP contribution in [-0.4, -0.2) is 67.8 Å². The number of aromatic nitrogens is 6. The van der Waals surface area contributed by atoms with Crippen LogP contribution in [0.25, 0.3) is 27.8 Å². The number of hydrogen-bond acceptors (Lipinski definition) is 6. The summed E-state index contributed by atoms with van der Waals surface area (Å²) in [7, 11) is 2.03. The molecule has 4 rings (SSSR count). The molecule has 27 heavy (non-hydrogen) atoms. The number of fused-ring (bicyclic) bond motifs is 2. The molecule has 1 N–H and O–H groups in total. The van der Waals surface area contributed by atoms with E-state index >= 15 is 0 Å². The van der Waals surface area contributed by atoms with Crippen molar-refractivity contribution in [2.45, 2.75) is 13.8 Å². The minimum atomic E-state index is 0.709. The Balaban J connectivity index is 1.64. The molecule has 3 aromatic heterocycles. The second kappa shape index (κ2) is 7.32. The van der Waals surface area contributed by atoms with Gasteiger partial charge in [-0.15, -0.1) is 0 Å². The van der Waals surface area contributed by atoms with Crippen molar-refractivity contribution in [2.24, 2.45) is 0 Å². The summed E-state index contributed by atoms with van der Waals surface area (Å²) in [5.74, 6) is 0.709. The molecule has 0 saturated carbocycles. The monoisotopic (exact) mass is 364 g/mol. The van der Waals surface area contributed by atoms with E-state index in [0.29, 0.717) is 5.95 Å². The van der Waals surface area contributed by atoms with Crippen molar-refractivity contribution in [3.8, 4) is 5.69 Å². The first-order valence-electron chi connectivity index (χ1n) is 9.26. The molecule has 0 atom stereocenters. The number of nitrogens with one attached hydrogen (secondary N) is 1. The van der Waals surface area contributed by atoms with Crippen molar-refractivity contribution in [1.29, 1.82) is 0 Å². The van der Waals surface area contributed by atoms with Crippen LogP contribution < -0.4 is 4.90 Å². The van der Waals surface area contributed by atoms with Gasteiger partial charge in [-0.2, -0.15) is 10.1 Å². The summed E-state index contributed by atoms with van der Waals surface area (Å²) >= 11 is 0. The summed E-state index contributed by atoms with van der Waals surface area (Å²) in [6.07, 6.45) is 5.40. The second-order valence-corrected chi connectivity index (χ2v) is 6.58. The molecule has 3 heterocycles. The van der Waals surface area contributed by atoms with Crippen LogP contribution in [0.3, 0.4) is 0 Å². The predicted molar refractivity (Wildman–Crippen MR) is 107 cm³/mol. The van der Waals surface area contributed by atoms with Gasteiger partial charge in [0.05, 0.1) is 17.9 Å². The van der Waals surface area contributed by atoms with Gasteiger partial charge in [-0.05, 0) is 31.3 Å². The minimum Gasteiger partial charge on any atom is -0.343 e. The standard InChI is InChI=1S/C19H24N8/c1-4-26(5-2)9-8-25(3)19-20-12-17-18(23-19)27(13-21-17)15-6-7-16-14(10-15)11-22-24-16/h6-7,10-13H,4-5,8-9H2,1-3H3,(H,22,24). The Labute approximate surface area is 157 Å². The molecule has 8 heteroatoms. The summed E-state index contributed by atoms with van der Waals surface area (Å²) in [4.78, 5) is 18.2. The van der Waals surface area contributed by atoms with Gasteiger partial charge in [-0.1, -0.05) is 13.8 Å². The van der Waals surface area contributed by atoms with E-state index in [9.17, 15) is 0 Å². The first-order valence-corrected chi connectivity index (χ1v) is 9.26. The fourth-order valence-corrected chi connectivity index (χ4v) is 3.18. The number of H-pyrrole nitrogens is 1. The molecule has 0 radical (unpaired) electrons. The maximum atomic E-state index is 4.78. The molecule has 1 aromatic carbocycles. The quantitative estimate of drug-likeness (QED) is 0.543. The SMILES string of the molecule is CCN(CC)CCN(C)c1ncc2ncn(-c3ccc4[nH]ncc4c3)c2n1. The zero-order valence-corrected chi connectivity index (χ0v) is 15.9. The van der Waals surface area contributed by atoms with Gasteiger partial charge in [-0.3, -0.25) is 9.67 Å². The van der Waals surface area contributed by atoms with Crippen molar-refractivity contribution in [3.63, 3.8) is 0 Å². The molecular weight excluding hydrogens is 340 g/mol. The van der Waals surface area contributed by atoms with E-state index in [0.717, 1.165) is 53.9 Å². The Morgan fingerprint density at radius 3 is 2.74 bits per heavy atom. The van der Waals surface area contributed by atoms with Gasteiger partial charge in [0, 0.05) is 31.2 Å². The lowest BCUT2D eigenvalue weighted by molar-refractivity contribution is 0.310. The fraction of sp³-hybridized carbons (Fsp3) is 0.368. The maximum Gasteiger partial charge on any atom is 0.227 e. The third-order valence-electron chi connectivity index (χ3n) is 4.97. The molecule has 0 saturated heterocycles. The predicted octanol–water partition coefficient (Wildman–Crippen LogP) is 2.47. The van der Waals surface area contributed by atoms with Crippen LogP contribution in [0.4, 0.5) is 5.95 Å². The smallest absolute Gasteiger partial charge is 0.227 e. The van der Waals surface area contributed by atoms with Gasteiger partial charge >= 0.3 is 0 Å². The number of aromatic amines is 1. The van der Waals surface area contributed by atoms with Gasteiger partial charge in [0.25, 0.3) is 0 Å². The maximum absolute atomic E-state index is 4.78. The van der Waals surface area contributed by atoms with Gasteiger partial charge in [0.1, 0.15) is 11.8 Å². The van der Waals surface area contributed by atoms with Crippen LogP contribution >= 0.6 is 0 Å². The van der Waals surface area contributed by atoms with Crippen LogP contribution in [0.15, 0.2) is 36.9 Å². The number of anilines is 1. The van der Waals surface area contributed by atoms with Crippen LogP contribution in [-0.2, 0) is 0 Å². The zero-order chi connectivity index (χ0) is 18.8. The third-order valence-corrected chi connectivity index (χ3v) is 4.97. The van der Waals surface area contributed by atoms with Crippen molar-refractivity contribution >= 4 is 28.0 Å². The van der Waals surface area contributed by atoms with E-state index in [-0.39, 0.29) is 0 Å². The zero-order valence-electron chi connectivity index (χ0n) is 15.9. The van der Waals surface area contributed by atoms with E-state index in [1.165, 1.54) is 0 Å². The topological polar surface area (TPSA) is 78.8 Å². The van der Waals surface area contributed by atoms with Crippen molar-refractivity contribution in [2.75, 3.05) is 38.1 Å². The van der Waals surface area contributed by atoms with E-state index in [1.54, 1.807) is 12.5 Å². The van der Waals surface area contributed by atoms with Crippen molar-refractivity contribution < 1.29 is 0 Å². The van der Waals surface area contributed by atoms with Crippen LogP contribution in [0, 0.1) is 0 Å². The lowest BCUT2D eigenvalue weighted by atomic mass is 10.2. The molecule has 0 aliphatic carbocycles. The highest BCUT2D eigenvalue weighted by atomic mass is 15.3. The summed E-state index contributed by atoms with van der Waals surface area (Å²) in [6, 6.07) is 6.13. The lowest BCUT2D eigenvalue weighted by Crippen LogP contribution is -2.33. The molecule has 0 aliphatic rings. The van der Waals surface area contributed by atoms with E-state index in [4.69, 9.17) is 4.98 Å². The van der Waals surface area contributed by atoms with Crippen LogP contribution in [0.2, 0.25) is 0 Å². The van der Waals surface area contributed by atoms with E-state index < -0.39 is 0 Å². The molecule has 0 aliphatic heterocycles. The first-order chi connectivity index (χ1) is 13.2. The largest absolute Gasteiger partial charge is 0.343 e. The number of rotatable bonds is 7. The van der Waals surface area contributed by atoms with Gasteiger partial charge in [0.2, 0.25) is 5.95 Å². The Hall–Kier alpha value is -3.00. The highest BCUT2D eigenvalue weighted by Crippen LogP contribution is 2.21. The summed E-state index contributed by atoms with van der Waals surface area (Å²) < 4.78 is 1.99. The number of imidazole rings is 1. The average Bonchev–Trinajstić information content (AvgIpc) is 3.34. The minimum absolute atomic E-state index is 0.709. The van der Waals surface area contributed by atoms with Crippen molar-refractivity contribution in [1.82, 2.24) is 34.6 Å². The molecule has 140 valence electrons. The number of likely N-dealkylation sites (N-methyl/N-ethyl adjacent to an activating group) is 2. The molecule has 8 nitrogen and oxygen atoms in total. The average molecular weight is 364 g/mol. The molecule has 0 unspecified atom stereocenters. The van der Waals surface area contributed by atoms with Crippen molar-refractivity contribution in [3.05, 3.63) is 36.9 Å². The summed E-state index contributed by atoms with van der Waals surface area (Å²) in [5.41, 5.74) is 3.59. The molecule has 0 spiro atoms. The second-order valence-electron chi connectivity index (χ2n) is 6.58. The highest BCUT2D eigenvalue weighted by Gasteiger charge is 2.12. The van der Waals surface area contributed by atoms with Gasteiger partial charge < -0.3 is 9.80 Å². The molecule has 4 aromatic rings. The molecule has 0 amide bonds. The summed E-state index contributed by atoms with van der Waals surface area (Å²) in [6.45, 7) is 8.33. The first kappa shape index (κ1) is 17.4. The number of nitrogens with zero attached hydrogens (tertiary/aromatic N) is 7. The Kier molecular flexibility index (Phi) is 4.72. The Bertz CT molecular complexity index is 1050. The normalized spacial score (nSPS) is 11.7. The molecular formula is C19H24N8. The van der Waals surface area contributed by atoms with Crippen LogP contribution in [0.1, 0.15) is 13.8 Å². The fourth-order valence-electron chi connectivity index (χ4n) is 3.18. The third kappa shape index (κ3) is 3.35. The summed E-state index contributed by atoms with van der Waals surface area (Å²) in [5, 5.41) is 8.12. The van der Waals surface area contributed by atoms with Gasteiger partial charge in [-0.25, -0.2) is 9.97 Å². The Morgan fingerprint density at radius 2 is 1.93 bits per heavy atom. The van der Waals surface area contributed by atoms with Gasteiger partial charge in [0.15, 0.2) is 5.65 Å². The van der Waals surface area contributed by atoms with Crippen LogP contribution in [0.5, 0.6) is 0 Å². The Morgan fingerprint density at radius 1 is 1.07 bits per heavy atom. The highest BCUT2D eigenvalue weighted by molar-refractivity contribution is 5.81. The van der Waals surface area contributed by atoms with E-state index in [2.05, 4.69) is 49.9 Å². The molecule has 0 fully saturated rings. The number of benzene rings is 1. The van der Waals surface area contributed by atoms with E-state index in [1.807, 2.05) is 29.9 Å². The molecule has 0 bridgehead atoms. The number of hydrogen-bond donors (Lipinski definition) is 1.